The van der Waals surface area contributed by atoms with Crippen molar-refractivity contribution in [1.29, 1.82) is 0 Å². The quantitative estimate of drug-likeness (QED) is 0.914. The Kier molecular flexibility index (Phi) is 3.51. The second-order valence-electron chi connectivity index (χ2n) is 5.94. The van der Waals surface area contributed by atoms with Crippen LogP contribution in [0.3, 0.4) is 0 Å². The maximum Gasteiger partial charge on any atom is 0.159 e. The highest BCUT2D eigenvalue weighted by Crippen LogP contribution is 2.20. The Morgan fingerprint density at radius 2 is 2.37 bits per heavy atom. The van der Waals surface area contributed by atoms with Gasteiger partial charge in [0.1, 0.15) is 11.3 Å². The van der Waals surface area contributed by atoms with E-state index in [2.05, 4.69) is 34.8 Å². The van der Waals surface area contributed by atoms with Crippen molar-refractivity contribution in [2.75, 3.05) is 13.1 Å². The van der Waals surface area contributed by atoms with Gasteiger partial charge in [0.05, 0.1) is 0 Å². The van der Waals surface area contributed by atoms with Crippen molar-refractivity contribution in [2.24, 2.45) is 11.8 Å². The van der Waals surface area contributed by atoms with Crippen LogP contribution in [0.15, 0.2) is 18.3 Å². The molecule has 1 N–H and O–H groups in total. The lowest BCUT2D eigenvalue weighted by Crippen LogP contribution is -2.17. The first-order valence-corrected chi connectivity index (χ1v) is 7.25. The van der Waals surface area contributed by atoms with Gasteiger partial charge < -0.3 is 9.88 Å². The minimum Gasteiger partial charge on any atom is -0.316 e. The molecule has 1 aliphatic heterocycles. The molecule has 3 heterocycles. The number of rotatable bonds is 4. The van der Waals surface area contributed by atoms with E-state index >= 15 is 0 Å². The van der Waals surface area contributed by atoms with Crippen LogP contribution in [0.25, 0.3) is 11.2 Å². The van der Waals surface area contributed by atoms with E-state index < -0.39 is 0 Å². The first-order chi connectivity index (χ1) is 9.24. The summed E-state index contributed by atoms with van der Waals surface area (Å²) in [6.45, 7) is 7.79. The topological polar surface area (TPSA) is 42.7 Å². The zero-order chi connectivity index (χ0) is 13.2. The fraction of sp³-hybridized carbons (Fsp3) is 0.600. The third-order valence-corrected chi connectivity index (χ3v) is 3.78. The van der Waals surface area contributed by atoms with Crippen LogP contribution in [0, 0.1) is 11.8 Å². The third-order valence-electron chi connectivity index (χ3n) is 3.78. The lowest BCUT2D eigenvalue weighted by atomic mass is 10.1. The maximum atomic E-state index is 4.77. The molecule has 3 rings (SSSR count). The number of hydrogen-bond acceptors (Lipinski definition) is 3. The molecule has 0 spiro atoms. The molecule has 2 aromatic heterocycles. The van der Waals surface area contributed by atoms with Gasteiger partial charge in [-0.2, -0.15) is 0 Å². The summed E-state index contributed by atoms with van der Waals surface area (Å²) in [6.07, 6.45) is 4.15. The Bertz CT molecular complexity index is 552. The minimum absolute atomic E-state index is 0.622. The third kappa shape index (κ3) is 2.63. The van der Waals surface area contributed by atoms with Gasteiger partial charge in [-0.15, -0.1) is 0 Å². The summed E-state index contributed by atoms with van der Waals surface area (Å²) in [4.78, 5) is 9.31. The number of fused-ring (bicyclic) bond motifs is 1. The van der Waals surface area contributed by atoms with E-state index in [1.165, 1.54) is 12.2 Å². The zero-order valence-electron chi connectivity index (χ0n) is 11.8. The van der Waals surface area contributed by atoms with E-state index in [-0.39, 0.29) is 0 Å². The normalized spacial score (nSPS) is 19.6. The monoisotopic (exact) mass is 258 g/mol. The van der Waals surface area contributed by atoms with Gasteiger partial charge in [0.2, 0.25) is 0 Å². The number of nitrogens with one attached hydrogen (secondary N) is 1. The van der Waals surface area contributed by atoms with Gasteiger partial charge in [0.25, 0.3) is 0 Å². The van der Waals surface area contributed by atoms with Gasteiger partial charge in [-0.1, -0.05) is 13.8 Å². The van der Waals surface area contributed by atoms with Crippen LogP contribution < -0.4 is 5.32 Å². The van der Waals surface area contributed by atoms with Gasteiger partial charge in [0.15, 0.2) is 5.65 Å². The van der Waals surface area contributed by atoms with Crippen molar-refractivity contribution in [3.63, 3.8) is 0 Å². The summed E-state index contributed by atoms with van der Waals surface area (Å²) in [5.41, 5.74) is 2.08. The SMILES string of the molecule is CC(C)Cc1nc2cccnc2n1CC1CCNC1. The maximum absolute atomic E-state index is 4.77. The second kappa shape index (κ2) is 5.29. The highest BCUT2D eigenvalue weighted by molar-refractivity contribution is 5.71. The Hall–Kier alpha value is -1.42. The molecule has 2 aromatic rings. The lowest BCUT2D eigenvalue weighted by molar-refractivity contribution is 0.466. The highest BCUT2D eigenvalue weighted by atomic mass is 15.1. The van der Waals surface area contributed by atoms with Crippen LogP contribution in [0.1, 0.15) is 26.1 Å². The number of aromatic nitrogens is 3. The molecule has 0 aliphatic carbocycles. The van der Waals surface area contributed by atoms with Crippen molar-refractivity contribution >= 4 is 11.2 Å². The number of imidazole rings is 1. The molecule has 0 bridgehead atoms. The highest BCUT2D eigenvalue weighted by Gasteiger charge is 2.19. The molecular weight excluding hydrogens is 236 g/mol. The predicted molar refractivity (Wildman–Crippen MR) is 77.0 cm³/mol. The zero-order valence-corrected chi connectivity index (χ0v) is 11.8. The summed E-state index contributed by atoms with van der Waals surface area (Å²) < 4.78 is 2.34. The smallest absolute Gasteiger partial charge is 0.159 e. The average molecular weight is 258 g/mol. The van der Waals surface area contributed by atoms with Crippen LogP contribution in [0.2, 0.25) is 0 Å². The lowest BCUT2D eigenvalue weighted by Gasteiger charge is -2.14. The second-order valence-corrected chi connectivity index (χ2v) is 5.94. The Morgan fingerprint density at radius 1 is 1.47 bits per heavy atom. The molecule has 0 aromatic carbocycles. The standard InChI is InChI=1S/C15H22N4/c1-11(2)8-14-18-13-4-3-6-17-15(13)19(14)10-12-5-7-16-9-12/h3-4,6,11-12,16H,5,7-10H2,1-2H3. The van der Waals surface area contributed by atoms with Crippen LogP contribution in [0.4, 0.5) is 0 Å². The fourth-order valence-corrected chi connectivity index (χ4v) is 2.85. The van der Waals surface area contributed by atoms with Gasteiger partial charge in [-0.05, 0) is 43.5 Å². The van der Waals surface area contributed by atoms with Crippen molar-refractivity contribution in [1.82, 2.24) is 19.9 Å². The molecule has 4 nitrogen and oxygen atoms in total. The number of pyridine rings is 1. The van der Waals surface area contributed by atoms with Crippen molar-refractivity contribution in [2.45, 2.75) is 33.2 Å². The van der Waals surface area contributed by atoms with Gasteiger partial charge in [-0.3, -0.25) is 0 Å². The molecular formula is C15H22N4. The summed E-state index contributed by atoms with van der Waals surface area (Å²) >= 11 is 0. The molecule has 1 unspecified atom stereocenters. The van der Waals surface area contributed by atoms with Crippen LogP contribution >= 0.6 is 0 Å². The molecule has 1 atom stereocenters. The fourth-order valence-electron chi connectivity index (χ4n) is 2.85. The van der Waals surface area contributed by atoms with E-state index in [1.54, 1.807) is 0 Å². The first-order valence-electron chi connectivity index (χ1n) is 7.25. The summed E-state index contributed by atoms with van der Waals surface area (Å²) in [5, 5.41) is 3.44. The molecule has 4 heteroatoms. The van der Waals surface area contributed by atoms with Crippen molar-refractivity contribution in [3.05, 3.63) is 24.2 Å². The number of hydrogen-bond donors (Lipinski definition) is 1. The van der Waals surface area contributed by atoms with Crippen molar-refractivity contribution in [3.8, 4) is 0 Å². The van der Waals surface area contributed by atoms with Crippen LogP contribution in [-0.2, 0) is 13.0 Å². The van der Waals surface area contributed by atoms with Gasteiger partial charge in [0, 0.05) is 19.2 Å². The van der Waals surface area contributed by atoms with E-state index in [0.717, 1.165) is 37.2 Å². The summed E-state index contributed by atoms with van der Waals surface area (Å²) in [5.74, 6) is 2.53. The molecule has 1 fully saturated rings. The number of nitrogens with zero attached hydrogens (tertiary/aromatic N) is 3. The van der Waals surface area contributed by atoms with E-state index in [4.69, 9.17) is 4.98 Å². The Balaban J connectivity index is 1.97. The predicted octanol–water partition coefficient (Wildman–Crippen LogP) is 2.24. The van der Waals surface area contributed by atoms with Crippen LogP contribution in [-0.4, -0.2) is 27.6 Å². The summed E-state index contributed by atoms with van der Waals surface area (Å²) in [6, 6.07) is 4.03. The van der Waals surface area contributed by atoms with E-state index in [9.17, 15) is 0 Å². The molecule has 1 aliphatic rings. The van der Waals surface area contributed by atoms with E-state index in [1.807, 2.05) is 12.3 Å². The molecule has 0 saturated carbocycles. The Labute approximate surface area is 114 Å². The molecule has 19 heavy (non-hydrogen) atoms. The summed E-state index contributed by atoms with van der Waals surface area (Å²) in [7, 11) is 0. The molecule has 0 radical (unpaired) electrons. The minimum atomic E-state index is 0.622. The van der Waals surface area contributed by atoms with Gasteiger partial charge in [-0.25, -0.2) is 9.97 Å². The first kappa shape index (κ1) is 12.6. The van der Waals surface area contributed by atoms with E-state index in [0.29, 0.717) is 11.8 Å². The largest absolute Gasteiger partial charge is 0.316 e. The Morgan fingerprint density at radius 3 is 3.11 bits per heavy atom. The molecule has 0 amide bonds. The average Bonchev–Trinajstić information content (AvgIpc) is 2.99. The molecule has 102 valence electrons. The molecule has 1 saturated heterocycles. The van der Waals surface area contributed by atoms with Crippen LogP contribution in [0.5, 0.6) is 0 Å². The van der Waals surface area contributed by atoms with Crippen molar-refractivity contribution < 1.29 is 0 Å². The van der Waals surface area contributed by atoms with Gasteiger partial charge >= 0.3 is 0 Å².